The van der Waals surface area contributed by atoms with Crippen molar-refractivity contribution in [1.82, 2.24) is 15.1 Å². The van der Waals surface area contributed by atoms with Gasteiger partial charge in [-0.3, -0.25) is 4.79 Å². The predicted molar refractivity (Wildman–Crippen MR) is 73.2 cm³/mol. The third-order valence-electron chi connectivity index (χ3n) is 3.17. The molecule has 0 aromatic carbocycles. The Hall–Kier alpha value is -0.610. The summed E-state index contributed by atoms with van der Waals surface area (Å²) >= 11 is 0. The smallest absolute Gasteiger partial charge is 0.236 e. The zero-order valence-electron chi connectivity index (χ0n) is 12.1. The van der Waals surface area contributed by atoms with E-state index in [0.29, 0.717) is 6.54 Å². The first kappa shape index (κ1) is 16.4. The summed E-state index contributed by atoms with van der Waals surface area (Å²) in [6.45, 7) is 13.1. The number of nitrogens with one attached hydrogen (secondary N) is 1. The second-order valence-corrected chi connectivity index (χ2v) is 4.66. The minimum Gasteiger partial charge on any atom is -0.342 e. The molecule has 0 fully saturated rings. The normalized spacial score (nSPS) is 11.2. The molecule has 0 heterocycles. The number of amides is 1. The molecule has 0 radical (unpaired) electrons. The second kappa shape index (κ2) is 9.42. The van der Waals surface area contributed by atoms with Crippen LogP contribution in [0.4, 0.5) is 0 Å². The molecule has 0 saturated heterocycles. The van der Waals surface area contributed by atoms with Crippen molar-refractivity contribution in [2.45, 2.75) is 40.2 Å². The van der Waals surface area contributed by atoms with Crippen molar-refractivity contribution in [3.63, 3.8) is 0 Å². The Balaban J connectivity index is 3.55. The molecule has 0 aliphatic carbocycles. The van der Waals surface area contributed by atoms with E-state index in [4.69, 9.17) is 0 Å². The zero-order valence-corrected chi connectivity index (χ0v) is 12.1. The van der Waals surface area contributed by atoms with Gasteiger partial charge in [0.2, 0.25) is 5.91 Å². The maximum Gasteiger partial charge on any atom is 0.236 e. The highest BCUT2D eigenvalue weighted by Crippen LogP contribution is 1.93. The summed E-state index contributed by atoms with van der Waals surface area (Å²) in [4.78, 5) is 15.8. The lowest BCUT2D eigenvalue weighted by atomic mass is 10.3. The molecule has 0 spiro atoms. The molecule has 0 unspecified atom stereocenters. The third-order valence-corrected chi connectivity index (χ3v) is 3.17. The molecule has 4 nitrogen and oxygen atoms in total. The molecule has 0 saturated carbocycles. The van der Waals surface area contributed by atoms with Crippen LogP contribution in [-0.4, -0.2) is 61.5 Å². The number of hydrogen-bond donors (Lipinski definition) is 1. The van der Waals surface area contributed by atoms with Crippen LogP contribution in [0.2, 0.25) is 0 Å². The summed E-state index contributed by atoms with van der Waals surface area (Å²) in [5.41, 5.74) is 0. The van der Waals surface area contributed by atoms with E-state index in [1.807, 2.05) is 20.9 Å². The molecule has 0 bridgehead atoms. The Labute approximate surface area is 106 Å². The standard InChI is InChI=1S/C13H29N3O/c1-6-16(7-2)10-8-9-14-11-13(17)15(5)12(3)4/h12,14H,6-11H2,1-5H3. The second-order valence-electron chi connectivity index (χ2n) is 4.66. The summed E-state index contributed by atoms with van der Waals surface area (Å²) in [6.07, 6.45) is 1.10. The molecule has 17 heavy (non-hydrogen) atoms. The van der Waals surface area contributed by atoms with Gasteiger partial charge in [-0.15, -0.1) is 0 Å². The summed E-state index contributed by atoms with van der Waals surface area (Å²) in [7, 11) is 1.85. The topological polar surface area (TPSA) is 35.6 Å². The summed E-state index contributed by atoms with van der Waals surface area (Å²) in [5, 5.41) is 3.21. The lowest BCUT2D eigenvalue weighted by Crippen LogP contribution is -2.40. The molecule has 0 aliphatic rings. The first-order valence-electron chi connectivity index (χ1n) is 6.71. The van der Waals surface area contributed by atoms with Crippen LogP contribution in [0.3, 0.4) is 0 Å². The summed E-state index contributed by atoms with van der Waals surface area (Å²) in [5.74, 6) is 0.169. The number of rotatable bonds is 9. The molecular formula is C13H29N3O. The van der Waals surface area contributed by atoms with Gasteiger partial charge in [-0.25, -0.2) is 0 Å². The van der Waals surface area contributed by atoms with Crippen LogP contribution in [0.15, 0.2) is 0 Å². The molecule has 0 rings (SSSR count). The Bertz CT molecular complexity index is 203. The zero-order chi connectivity index (χ0) is 13.3. The largest absolute Gasteiger partial charge is 0.342 e. The number of carbonyl (C=O) groups excluding carboxylic acids is 1. The van der Waals surface area contributed by atoms with E-state index >= 15 is 0 Å². The van der Waals surface area contributed by atoms with Gasteiger partial charge in [-0.1, -0.05) is 13.8 Å². The van der Waals surface area contributed by atoms with Crippen LogP contribution in [0.1, 0.15) is 34.1 Å². The quantitative estimate of drug-likeness (QED) is 0.618. The van der Waals surface area contributed by atoms with Gasteiger partial charge in [0.25, 0.3) is 0 Å². The molecule has 1 amide bonds. The fourth-order valence-corrected chi connectivity index (χ4v) is 1.58. The van der Waals surface area contributed by atoms with Gasteiger partial charge < -0.3 is 15.1 Å². The van der Waals surface area contributed by atoms with Crippen molar-refractivity contribution in [1.29, 1.82) is 0 Å². The highest BCUT2D eigenvalue weighted by Gasteiger charge is 2.10. The van der Waals surface area contributed by atoms with E-state index in [-0.39, 0.29) is 11.9 Å². The Morgan fingerprint density at radius 1 is 1.24 bits per heavy atom. The average Bonchev–Trinajstić information content (AvgIpc) is 2.32. The molecule has 0 aromatic rings. The van der Waals surface area contributed by atoms with Crippen molar-refractivity contribution in [2.75, 3.05) is 39.8 Å². The molecule has 4 heteroatoms. The van der Waals surface area contributed by atoms with Crippen LogP contribution >= 0.6 is 0 Å². The highest BCUT2D eigenvalue weighted by atomic mass is 16.2. The third kappa shape index (κ3) is 7.34. The van der Waals surface area contributed by atoms with Crippen LogP contribution < -0.4 is 5.32 Å². The van der Waals surface area contributed by atoms with Crippen molar-refractivity contribution in [3.05, 3.63) is 0 Å². The van der Waals surface area contributed by atoms with Gasteiger partial charge in [0, 0.05) is 13.1 Å². The van der Waals surface area contributed by atoms with Gasteiger partial charge >= 0.3 is 0 Å². The fraction of sp³-hybridized carbons (Fsp3) is 0.923. The average molecular weight is 243 g/mol. The maximum atomic E-state index is 11.6. The molecular weight excluding hydrogens is 214 g/mol. The SMILES string of the molecule is CCN(CC)CCCNCC(=O)N(C)C(C)C. The number of nitrogens with zero attached hydrogens (tertiary/aromatic N) is 2. The van der Waals surface area contributed by atoms with Crippen LogP contribution in [0.5, 0.6) is 0 Å². The fourth-order valence-electron chi connectivity index (χ4n) is 1.58. The summed E-state index contributed by atoms with van der Waals surface area (Å²) < 4.78 is 0. The monoisotopic (exact) mass is 243 g/mol. The number of carbonyl (C=O) groups is 1. The van der Waals surface area contributed by atoms with Gasteiger partial charge in [0.05, 0.1) is 6.54 Å². The minimum absolute atomic E-state index is 0.169. The van der Waals surface area contributed by atoms with Crippen molar-refractivity contribution >= 4 is 5.91 Å². The van der Waals surface area contributed by atoms with E-state index in [1.54, 1.807) is 4.90 Å². The lowest BCUT2D eigenvalue weighted by Gasteiger charge is -2.22. The molecule has 1 N–H and O–H groups in total. The summed E-state index contributed by atoms with van der Waals surface area (Å²) in [6, 6.07) is 0.278. The molecule has 0 aromatic heterocycles. The molecule has 102 valence electrons. The van der Waals surface area contributed by atoms with Crippen LogP contribution in [-0.2, 0) is 4.79 Å². The van der Waals surface area contributed by atoms with Gasteiger partial charge in [-0.05, 0) is 46.4 Å². The van der Waals surface area contributed by atoms with E-state index in [9.17, 15) is 4.79 Å². The van der Waals surface area contributed by atoms with Crippen molar-refractivity contribution in [3.8, 4) is 0 Å². The molecule has 0 aliphatic heterocycles. The van der Waals surface area contributed by atoms with Crippen molar-refractivity contribution < 1.29 is 4.79 Å². The maximum absolute atomic E-state index is 11.6. The van der Waals surface area contributed by atoms with E-state index in [0.717, 1.165) is 32.6 Å². The molecule has 0 atom stereocenters. The van der Waals surface area contributed by atoms with Gasteiger partial charge in [0.15, 0.2) is 0 Å². The Kier molecular flexibility index (Phi) is 9.09. The van der Waals surface area contributed by atoms with Crippen molar-refractivity contribution in [2.24, 2.45) is 0 Å². The minimum atomic E-state index is 0.169. The Morgan fingerprint density at radius 2 is 1.82 bits per heavy atom. The first-order valence-corrected chi connectivity index (χ1v) is 6.71. The van der Waals surface area contributed by atoms with E-state index in [2.05, 4.69) is 24.1 Å². The van der Waals surface area contributed by atoms with Crippen LogP contribution in [0.25, 0.3) is 0 Å². The first-order chi connectivity index (χ1) is 8.02. The number of hydrogen-bond acceptors (Lipinski definition) is 3. The highest BCUT2D eigenvalue weighted by molar-refractivity contribution is 5.78. The van der Waals surface area contributed by atoms with Gasteiger partial charge in [-0.2, -0.15) is 0 Å². The van der Waals surface area contributed by atoms with E-state index < -0.39 is 0 Å². The number of likely N-dealkylation sites (N-methyl/N-ethyl adjacent to an activating group) is 1. The predicted octanol–water partition coefficient (Wildman–Crippen LogP) is 1.17. The Morgan fingerprint density at radius 3 is 2.29 bits per heavy atom. The van der Waals surface area contributed by atoms with Gasteiger partial charge in [0.1, 0.15) is 0 Å². The van der Waals surface area contributed by atoms with Crippen LogP contribution in [0, 0.1) is 0 Å². The van der Waals surface area contributed by atoms with E-state index in [1.165, 1.54) is 0 Å². The lowest BCUT2D eigenvalue weighted by molar-refractivity contribution is -0.130.